The van der Waals surface area contributed by atoms with Crippen LogP contribution in [0, 0.1) is 5.92 Å². The molecular weight excluding hydrogens is 282 g/mol. The van der Waals surface area contributed by atoms with Crippen LogP contribution in [0.5, 0.6) is 0 Å². The highest BCUT2D eigenvalue weighted by Crippen LogP contribution is 2.38. The summed E-state index contributed by atoms with van der Waals surface area (Å²) in [5, 5.41) is 4.65. The number of hydrogen-bond donors (Lipinski definition) is 1. The molecule has 3 atom stereocenters. The smallest absolute Gasteiger partial charge is 0.247 e. The van der Waals surface area contributed by atoms with Crippen molar-refractivity contribution in [2.75, 3.05) is 18.8 Å². The lowest BCUT2D eigenvalue weighted by molar-refractivity contribution is -0.131. The van der Waals surface area contributed by atoms with E-state index in [1.54, 1.807) is 11.8 Å². The molecule has 2 saturated heterocycles. The molecule has 0 aromatic heterocycles. The number of nitrogens with one attached hydrogen (secondary N) is 1. The van der Waals surface area contributed by atoms with E-state index >= 15 is 0 Å². The number of carbonyl (C=O) groups is 1. The Morgan fingerprint density at radius 1 is 1.43 bits per heavy atom. The van der Waals surface area contributed by atoms with E-state index < -0.39 is 0 Å². The normalized spacial score (nSPS) is 36.2. The van der Waals surface area contributed by atoms with Crippen molar-refractivity contribution in [3.05, 3.63) is 0 Å². The van der Waals surface area contributed by atoms with Crippen LogP contribution in [0.3, 0.4) is 0 Å². The van der Waals surface area contributed by atoms with Gasteiger partial charge in [0.1, 0.15) is 6.04 Å². The number of likely N-dealkylation sites (tertiary alicyclic amines) is 1. The summed E-state index contributed by atoms with van der Waals surface area (Å²) < 4.78 is 0. The van der Waals surface area contributed by atoms with E-state index in [1.165, 1.54) is 25.7 Å². The summed E-state index contributed by atoms with van der Waals surface area (Å²) in [6.07, 6.45) is 7.44. The summed E-state index contributed by atoms with van der Waals surface area (Å²) >= 11 is 1.81. The number of amidine groups is 1. The van der Waals surface area contributed by atoms with Gasteiger partial charge in [-0.05, 0) is 38.5 Å². The number of rotatable bonds is 2. The van der Waals surface area contributed by atoms with Gasteiger partial charge in [-0.25, -0.2) is 4.99 Å². The van der Waals surface area contributed by atoms with Crippen LogP contribution >= 0.6 is 11.8 Å². The Bertz CT molecular complexity index is 433. The quantitative estimate of drug-likeness (QED) is 0.853. The fourth-order valence-corrected chi connectivity index (χ4v) is 5.18. The van der Waals surface area contributed by atoms with Crippen LogP contribution < -0.4 is 5.32 Å². The molecule has 0 bridgehead atoms. The van der Waals surface area contributed by atoms with Gasteiger partial charge in [0.05, 0.1) is 0 Å². The highest BCUT2D eigenvalue weighted by Gasteiger charge is 2.40. The van der Waals surface area contributed by atoms with Gasteiger partial charge in [-0.2, -0.15) is 0 Å². The first-order valence-corrected chi connectivity index (χ1v) is 9.34. The molecule has 0 aromatic carbocycles. The van der Waals surface area contributed by atoms with E-state index in [4.69, 9.17) is 0 Å². The fourth-order valence-electron chi connectivity index (χ4n) is 3.91. The van der Waals surface area contributed by atoms with Gasteiger partial charge in [-0.15, -0.1) is 0 Å². The molecule has 1 spiro atoms. The van der Waals surface area contributed by atoms with Gasteiger partial charge in [-0.3, -0.25) is 4.79 Å². The van der Waals surface area contributed by atoms with Gasteiger partial charge in [0.25, 0.3) is 0 Å². The summed E-state index contributed by atoms with van der Waals surface area (Å²) in [4.78, 5) is 19.0. The Hall–Kier alpha value is -0.710. The van der Waals surface area contributed by atoms with Crippen LogP contribution in [0.1, 0.15) is 52.4 Å². The Kier molecular flexibility index (Phi) is 4.48. The number of carbonyl (C=O) groups excluding carboxylic acids is 1. The summed E-state index contributed by atoms with van der Waals surface area (Å²) in [5.41, 5.74) is 0.248. The first-order chi connectivity index (χ1) is 10.1. The van der Waals surface area contributed by atoms with Crippen molar-refractivity contribution in [3.8, 4) is 0 Å². The number of amides is 1. The molecule has 21 heavy (non-hydrogen) atoms. The fraction of sp³-hybridized carbons (Fsp3) is 0.875. The average molecular weight is 309 g/mol. The summed E-state index contributed by atoms with van der Waals surface area (Å²) in [6, 6.07) is -0.241. The molecular formula is C16H27N3OS. The number of hydrogen-bond acceptors (Lipinski definition) is 3. The van der Waals surface area contributed by atoms with Crippen molar-refractivity contribution in [2.24, 2.45) is 10.9 Å². The molecule has 1 N–H and O–H groups in total. The maximum absolute atomic E-state index is 12.3. The van der Waals surface area contributed by atoms with E-state index in [9.17, 15) is 4.79 Å². The van der Waals surface area contributed by atoms with Gasteiger partial charge in [0.15, 0.2) is 5.17 Å². The molecule has 3 fully saturated rings. The van der Waals surface area contributed by atoms with Crippen molar-refractivity contribution in [1.29, 1.82) is 0 Å². The molecule has 0 radical (unpaired) electrons. The molecule has 4 nitrogen and oxygen atoms in total. The molecule has 5 heteroatoms. The Labute approximate surface area is 132 Å². The lowest BCUT2D eigenvalue weighted by atomic mass is 9.78. The molecule has 1 saturated carbocycles. The lowest BCUT2D eigenvalue weighted by Gasteiger charge is -2.36. The van der Waals surface area contributed by atoms with Gasteiger partial charge >= 0.3 is 0 Å². The van der Waals surface area contributed by atoms with E-state index in [1.807, 2.05) is 11.8 Å². The van der Waals surface area contributed by atoms with Crippen LogP contribution in [0.25, 0.3) is 0 Å². The van der Waals surface area contributed by atoms with Crippen LogP contribution in [0.2, 0.25) is 0 Å². The van der Waals surface area contributed by atoms with Gasteiger partial charge in [0, 0.05) is 24.4 Å². The Morgan fingerprint density at radius 2 is 2.19 bits per heavy atom. The molecule has 118 valence electrons. The minimum absolute atomic E-state index is 0.195. The first-order valence-electron chi connectivity index (χ1n) is 8.36. The summed E-state index contributed by atoms with van der Waals surface area (Å²) in [7, 11) is 0. The van der Waals surface area contributed by atoms with E-state index in [0.29, 0.717) is 0 Å². The van der Waals surface area contributed by atoms with Crippen molar-refractivity contribution in [2.45, 2.75) is 64.0 Å². The van der Waals surface area contributed by atoms with Gasteiger partial charge in [0.2, 0.25) is 5.91 Å². The predicted octanol–water partition coefficient (Wildman–Crippen LogP) is 2.64. The molecule has 3 aliphatic rings. The van der Waals surface area contributed by atoms with Crippen LogP contribution in [0.4, 0.5) is 0 Å². The average Bonchev–Trinajstić information content (AvgIpc) is 3.08. The minimum Gasteiger partial charge on any atom is -0.359 e. The second-order valence-electron chi connectivity index (χ2n) is 7.04. The highest BCUT2D eigenvalue weighted by atomic mass is 32.2. The summed E-state index contributed by atoms with van der Waals surface area (Å²) in [5.74, 6) is 2.11. The number of thioether (sulfide) groups is 1. The second kappa shape index (κ2) is 6.19. The van der Waals surface area contributed by atoms with E-state index in [-0.39, 0.29) is 17.5 Å². The maximum Gasteiger partial charge on any atom is 0.247 e. The maximum atomic E-state index is 12.3. The molecule has 3 rings (SSSR count). The highest BCUT2D eigenvalue weighted by molar-refractivity contribution is 8.14. The largest absolute Gasteiger partial charge is 0.359 e. The number of aliphatic imine (C=N–C) groups is 1. The standard InChI is InChI=1S/C16H27N3OS/c1-12-6-5-7-16(10-12)11-21-15(18-16)17-13(2)14(20)19-8-3-4-9-19/h12-13H,3-11H2,1-2H3,(H,17,18). The second-order valence-corrected chi connectivity index (χ2v) is 8.00. The SMILES string of the molecule is CC1CCCC2(CSC(=NC(C)C(=O)N3CCCC3)N2)C1. The van der Waals surface area contributed by atoms with Crippen molar-refractivity contribution in [3.63, 3.8) is 0 Å². The Balaban J connectivity index is 1.60. The molecule has 1 amide bonds. The molecule has 2 heterocycles. The zero-order chi connectivity index (χ0) is 14.9. The molecule has 3 unspecified atom stereocenters. The van der Waals surface area contributed by atoms with Crippen LogP contribution in [0.15, 0.2) is 4.99 Å². The van der Waals surface area contributed by atoms with E-state index in [0.717, 1.165) is 42.8 Å². The zero-order valence-corrected chi connectivity index (χ0v) is 14.0. The third-order valence-electron chi connectivity index (χ3n) is 5.03. The topological polar surface area (TPSA) is 44.7 Å². The minimum atomic E-state index is -0.241. The molecule has 2 aliphatic heterocycles. The van der Waals surface area contributed by atoms with Crippen LogP contribution in [-0.4, -0.2) is 46.4 Å². The lowest BCUT2D eigenvalue weighted by Crippen LogP contribution is -2.47. The first kappa shape index (κ1) is 15.2. The third-order valence-corrected chi connectivity index (χ3v) is 6.21. The monoisotopic (exact) mass is 309 g/mol. The predicted molar refractivity (Wildman–Crippen MR) is 88.7 cm³/mol. The number of nitrogens with zero attached hydrogens (tertiary/aromatic N) is 2. The zero-order valence-electron chi connectivity index (χ0n) is 13.2. The van der Waals surface area contributed by atoms with Crippen molar-refractivity contribution < 1.29 is 4.79 Å². The van der Waals surface area contributed by atoms with E-state index in [2.05, 4.69) is 17.2 Å². The van der Waals surface area contributed by atoms with Gasteiger partial charge < -0.3 is 10.2 Å². The molecule has 0 aromatic rings. The van der Waals surface area contributed by atoms with Gasteiger partial charge in [-0.1, -0.05) is 31.5 Å². The summed E-state index contributed by atoms with van der Waals surface area (Å²) in [6.45, 7) is 6.11. The molecule has 1 aliphatic carbocycles. The Morgan fingerprint density at radius 3 is 2.90 bits per heavy atom. The van der Waals surface area contributed by atoms with Crippen molar-refractivity contribution in [1.82, 2.24) is 10.2 Å². The van der Waals surface area contributed by atoms with Crippen molar-refractivity contribution >= 4 is 22.8 Å². The third kappa shape index (κ3) is 3.38. The van der Waals surface area contributed by atoms with Crippen LogP contribution in [-0.2, 0) is 4.79 Å².